The van der Waals surface area contributed by atoms with Crippen LogP contribution in [-0.2, 0) is 0 Å². The van der Waals surface area contributed by atoms with Crippen molar-refractivity contribution >= 4 is 0 Å². The molecule has 3 aromatic carbocycles. The smallest absolute Gasteiger partial charge is 0.123 e. The zero-order valence-corrected chi connectivity index (χ0v) is 12.2. The highest BCUT2D eigenvalue weighted by Gasteiger charge is 2.27. The predicted octanol–water partition coefficient (Wildman–Crippen LogP) is 3.69. The second-order valence-corrected chi connectivity index (χ2v) is 5.26. The van der Waals surface area contributed by atoms with E-state index in [0.29, 0.717) is 0 Å². The van der Waals surface area contributed by atoms with Gasteiger partial charge in [-0.15, -0.1) is 0 Å². The van der Waals surface area contributed by atoms with Crippen molar-refractivity contribution < 1.29 is 20.4 Å². The standard InChI is InChI=1S/C19H16O4/c20-13-8-4-9-14(21)18(13)17(12-6-2-1-3-7-12)19-15(22)10-5-11-16(19)23/h1-11,17,20-23H. The van der Waals surface area contributed by atoms with Gasteiger partial charge in [-0.05, 0) is 29.8 Å². The SMILES string of the molecule is Oc1cccc(O)c1C(c1ccccc1)c1c(O)cccc1O. The highest BCUT2D eigenvalue weighted by molar-refractivity contribution is 5.60. The zero-order chi connectivity index (χ0) is 16.4. The van der Waals surface area contributed by atoms with Gasteiger partial charge in [-0.25, -0.2) is 0 Å². The van der Waals surface area contributed by atoms with E-state index < -0.39 is 5.92 Å². The van der Waals surface area contributed by atoms with Crippen molar-refractivity contribution in [2.24, 2.45) is 0 Å². The van der Waals surface area contributed by atoms with E-state index in [9.17, 15) is 20.4 Å². The van der Waals surface area contributed by atoms with Gasteiger partial charge in [-0.3, -0.25) is 0 Å². The predicted molar refractivity (Wildman–Crippen MR) is 86.9 cm³/mol. The second-order valence-electron chi connectivity index (χ2n) is 5.26. The Bertz CT molecular complexity index is 736. The van der Waals surface area contributed by atoms with E-state index in [1.54, 1.807) is 0 Å². The van der Waals surface area contributed by atoms with E-state index in [1.165, 1.54) is 36.4 Å². The van der Waals surface area contributed by atoms with Crippen molar-refractivity contribution in [2.45, 2.75) is 5.92 Å². The van der Waals surface area contributed by atoms with Crippen molar-refractivity contribution in [3.8, 4) is 23.0 Å². The van der Waals surface area contributed by atoms with Crippen LogP contribution in [0.1, 0.15) is 22.6 Å². The Morgan fingerprint density at radius 3 is 1.26 bits per heavy atom. The highest BCUT2D eigenvalue weighted by Crippen LogP contribution is 2.47. The lowest BCUT2D eigenvalue weighted by molar-refractivity contribution is 0.423. The van der Waals surface area contributed by atoms with Crippen LogP contribution in [0.25, 0.3) is 0 Å². The Balaban J connectivity index is 2.33. The van der Waals surface area contributed by atoms with Gasteiger partial charge < -0.3 is 20.4 Å². The average Bonchev–Trinajstić information content (AvgIpc) is 2.53. The Morgan fingerprint density at radius 2 is 0.870 bits per heavy atom. The molecule has 23 heavy (non-hydrogen) atoms. The number of hydrogen-bond acceptors (Lipinski definition) is 4. The summed E-state index contributed by atoms with van der Waals surface area (Å²) in [7, 11) is 0. The van der Waals surface area contributed by atoms with Crippen LogP contribution in [-0.4, -0.2) is 20.4 Å². The lowest BCUT2D eigenvalue weighted by atomic mass is 9.83. The number of rotatable bonds is 3. The molecule has 0 saturated carbocycles. The van der Waals surface area contributed by atoms with E-state index in [-0.39, 0.29) is 34.1 Å². The molecule has 0 spiro atoms. The minimum atomic E-state index is -0.710. The Labute approximate surface area is 133 Å². The monoisotopic (exact) mass is 308 g/mol. The lowest BCUT2D eigenvalue weighted by Gasteiger charge is -2.22. The maximum atomic E-state index is 10.2. The largest absolute Gasteiger partial charge is 0.507 e. The van der Waals surface area contributed by atoms with Gasteiger partial charge in [0.05, 0.1) is 0 Å². The third kappa shape index (κ3) is 2.66. The van der Waals surface area contributed by atoms with Gasteiger partial charge in [0.2, 0.25) is 0 Å². The van der Waals surface area contributed by atoms with E-state index in [2.05, 4.69) is 0 Å². The van der Waals surface area contributed by atoms with Crippen LogP contribution in [0.15, 0.2) is 66.7 Å². The fourth-order valence-electron chi connectivity index (χ4n) is 2.80. The van der Waals surface area contributed by atoms with Gasteiger partial charge in [0.25, 0.3) is 0 Å². The number of phenols is 4. The summed E-state index contributed by atoms with van der Waals surface area (Å²) in [5, 5.41) is 41.0. The molecule has 0 fully saturated rings. The molecule has 4 heteroatoms. The third-order valence-corrected chi connectivity index (χ3v) is 3.83. The van der Waals surface area contributed by atoms with E-state index in [4.69, 9.17) is 0 Å². The summed E-state index contributed by atoms with van der Waals surface area (Å²) in [6.07, 6.45) is 0. The Kier molecular flexibility index (Phi) is 3.81. The number of benzene rings is 3. The van der Waals surface area contributed by atoms with Crippen molar-refractivity contribution in [1.29, 1.82) is 0 Å². The molecule has 0 saturated heterocycles. The van der Waals surface area contributed by atoms with Crippen LogP contribution < -0.4 is 0 Å². The lowest BCUT2D eigenvalue weighted by Crippen LogP contribution is -2.05. The topological polar surface area (TPSA) is 80.9 Å². The van der Waals surface area contributed by atoms with Gasteiger partial charge >= 0.3 is 0 Å². The highest BCUT2D eigenvalue weighted by atomic mass is 16.3. The van der Waals surface area contributed by atoms with E-state index >= 15 is 0 Å². The van der Waals surface area contributed by atoms with Crippen LogP contribution in [0.4, 0.5) is 0 Å². The van der Waals surface area contributed by atoms with Gasteiger partial charge in [-0.2, -0.15) is 0 Å². The first-order valence-electron chi connectivity index (χ1n) is 7.16. The molecular formula is C19H16O4. The molecule has 0 aliphatic rings. The molecule has 0 unspecified atom stereocenters. The minimum absolute atomic E-state index is 0.110. The number of phenolic OH excluding ortho intramolecular Hbond substituents is 4. The van der Waals surface area contributed by atoms with Gasteiger partial charge in [0, 0.05) is 17.0 Å². The first-order valence-corrected chi connectivity index (χ1v) is 7.16. The molecule has 4 nitrogen and oxygen atoms in total. The zero-order valence-electron chi connectivity index (χ0n) is 12.2. The molecule has 0 heterocycles. The first-order chi connectivity index (χ1) is 11.1. The molecule has 4 N–H and O–H groups in total. The van der Waals surface area contributed by atoms with E-state index in [0.717, 1.165) is 5.56 Å². The van der Waals surface area contributed by atoms with Crippen molar-refractivity contribution in [3.05, 3.63) is 83.4 Å². The average molecular weight is 308 g/mol. The van der Waals surface area contributed by atoms with Crippen LogP contribution in [0.2, 0.25) is 0 Å². The third-order valence-electron chi connectivity index (χ3n) is 3.83. The molecule has 0 amide bonds. The number of hydrogen-bond donors (Lipinski definition) is 4. The van der Waals surface area contributed by atoms with Crippen molar-refractivity contribution in [3.63, 3.8) is 0 Å². The summed E-state index contributed by atoms with van der Waals surface area (Å²) in [6, 6.07) is 18.0. The maximum absolute atomic E-state index is 10.2. The summed E-state index contributed by atoms with van der Waals surface area (Å²) in [5.74, 6) is -1.15. The van der Waals surface area contributed by atoms with Gasteiger partial charge in [0.1, 0.15) is 23.0 Å². The molecule has 3 aromatic rings. The summed E-state index contributed by atoms with van der Waals surface area (Å²) in [6.45, 7) is 0. The van der Waals surface area contributed by atoms with Gasteiger partial charge in [-0.1, -0.05) is 42.5 Å². The molecule has 0 radical (unpaired) electrons. The fourth-order valence-corrected chi connectivity index (χ4v) is 2.80. The minimum Gasteiger partial charge on any atom is -0.507 e. The van der Waals surface area contributed by atoms with Crippen LogP contribution >= 0.6 is 0 Å². The summed E-state index contributed by atoms with van der Waals surface area (Å²) in [4.78, 5) is 0. The summed E-state index contributed by atoms with van der Waals surface area (Å²) >= 11 is 0. The molecule has 0 aromatic heterocycles. The molecule has 0 aliphatic carbocycles. The van der Waals surface area contributed by atoms with Crippen LogP contribution in [0.3, 0.4) is 0 Å². The first kappa shape index (κ1) is 14.8. The molecule has 0 bridgehead atoms. The molecule has 0 atom stereocenters. The van der Waals surface area contributed by atoms with Gasteiger partial charge in [0.15, 0.2) is 0 Å². The van der Waals surface area contributed by atoms with Crippen molar-refractivity contribution in [2.75, 3.05) is 0 Å². The second kappa shape index (κ2) is 5.93. The van der Waals surface area contributed by atoms with Crippen molar-refractivity contribution in [1.82, 2.24) is 0 Å². The number of aromatic hydroxyl groups is 4. The summed E-state index contributed by atoms with van der Waals surface area (Å²) in [5.41, 5.74) is 1.19. The molecule has 0 aliphatic heterocycles. The summed E-state index contributed by atoms with van der Waals surface area (Å²) < 4.78 is 0. The Morgan fingerprint density at radius 1 is 0.478 bits per heavy atom. The quantitative estimate of drug-likeness (QED) is 0.556. The van der Waals surface area contributed by atoms with Crippen LogP contribution in [0.5, 0.6) is 23.0 Å². The Hall–Kier alpha value is -3.14. The van der Waals surface area contributed by atoms with E-state index in [1.807, 2.05) is 30.3 Å². The molecule has 3 rings (SSSR count). The molecular weight excluding hydrogens is 292 g/mol. The normalized spacial score (nSPS) is 10.8. The van der Waals surface area contributed by atoms with Crippen LogP contribution in [0, 0.1) is 0 Å². The molecule has 116 valence electrons. The fraction of sp³-hybridized carbons (Fsp3) is 0.0526. The maximum Gasteiger partial charge on any atom is 0.123 e.